The van der Waals surface area contributed by atoms with Gasteiger partial charge in [-0.2, -0.15) is 0 Å². The Kier molecular flexibility index (Phi) is 6.86. The summed E-state index contributed by atoms with van der Waals surface area (Å²) in [4.78, 5) is 4.83. The Morgan fingerprint density at radius 2 is 1.45 bits per heavy atom. The van der Waals surface area contributed by atoms with E-state index in [-0.39, 0.29) is 6.29 Å². The van der Waals surface area contributed by atoms with Gasteiger partial charge in [-0.3, -0.25) is 0 Å². The van der Waals surface area contributed by atoms with Gasteiger partial charge in [0.2, 0.25) is 0 Å². The molecule has 2 fully saturated rings. The van der Waals surface area contributed by atoms with Gasteiger partial charge in [-0.15, -0.1) is 0 Å². The molecule has 0 atom stereocenters. The van der Waals surface area contributed by atoms with Crippen molar-refractivity contribution in [3.63, 3.8) is 0 Å². The van der Waals surface area contributed by atoms with Crippen molar-refractivity contribution >= 4 is 5.69 Å². The summed E-state index contributed by atoms with van der Waals surface area (Å²) in [5.74, 6) is 0.316. The fourth-order valence-corrected chi connectivity index (χ4v) is 4.13. The Bertz CT molecular complexity index is 743. The summed E-state index contributed by atoms with van der Waals surface area (Å²) in [6.45, 7) is 8.07. The number of unbranched alkanes of at least 4 members (excludes halogenated alkanes) is 1. The first-order valence-electron chi connectivity index (χ1n) is 11.1. The second-order valence-corrected chi connectivity index (χ2v) is 8.42. The van der Waals surface area contributed by atoms with Crippen molar-refractivity contribution in [3.8, 4) is 0 Å². The summed E-state index contributed by atoms with van der Waals surface area (Å²) in [5, 5.41) is 0. The molecular formula is C25H34N2O2. The number of likely N-dealkylation sites (N-methyl/N-ethyl adjacent to an activating group) is 1. The Morgan fingerprint density at radius 1 is 0.828 bits per heavy atom. The predicted molar refractivity (Wildman–Crippen MR) is 119 cm³/mol. The number of ether oxygens (including phenoxy) is 2. The third kappa shape index (κ3) is 5.19. The van der Waals surface area contributed by atoms with Crippen molar-refractivity contribution in [3.05, 3.63) is 65.2 Å². The maximum absolute atomic E-state index is 6.08. The van der Waals surface area contributed by atoms with Crippen molar-refractivity contribution < 1.29 is 9.47 Å². The van der Waals surface area contributed by atoms with Crippen LogP contribution in [0.1, 0.15) is 48.7 Å². The predicted octanol–water partition coefficient (Wildman–Crippen LogP) is 4.61. The molecule has 0 bridgehead atoms. The molecule has 0 saturated carbocycles. The van der Waals surface area contributed by atoms with Crippen LogP contribution in [0.2, 0.25) is 0 Å². The molecule has 0 spiro atoms. The zero-order valence-corrected chi connectivity index (χ0v) is 17.8. The van der Waals surface area contributed by atoms with Gasteiger partial charge in [0.05, 0.1) is 13.2 Å². The number of anilines is 1. The molecule has 4 nitrogen and oxygen atoms in total. The molecule has 29 heavy (non-hydrogen) atoms. The zero-order valence-electron chi connectivity index (χ0n) is 17.8. The van der Waals surface area contributed by atoms with Crippen LogP contribution >= 0.6 is 0 Å². The Hall–Kier alpha value is -1.88. The van der Waals surface area contributed by atoms with E-state index >= 15 is 0 Å². The van der Waals surface area contributed by atoms with E-state index in [0.717, 1.165) is 31.7 Å². The highest BCUT2D eigenvalue weighted by atomic mass is 16.7. The van der Waals surface area contributed by atoms with Crippen LogP contribution in [0.4, 0.5) is 5.69 Å². The van der Waals surface area contributed by atoms with E-state index in [1.807, 2.05) is 0 Å². The van der Waals surface area contributed by atoms with Crippen molar-refractivity contribution in [2.45, 2.75) is 38.4 Å². The second kappa shape index (κ2) is 9.75. The monoisotopic (exact) mass is 394 g/mol. The van der Waals surface area contributed by atoms with Crippen molar-refractivity contribution in [1.29, 1.82) is 0 Å². The molecule has 156 valence electrons. The van der Waals surface area contributed by atoms with Crippen LogP contribution in [0.5, 0.6) is 0 Å². The number of hydrogen-bond acceptors (Lipinski definition) is 4. The third-order valence-electron chi connectivity index (χ3n) is 6.20. The number of piperazine rings is 1. The van der Waals surface area contributed by atoms with Gasteiger partial charge in [0.1, 0.15) is 0 Å². The van der Waals surface area contributed by atoms with E-state index in [0.29, 0.717) is 19.1 Å². The SMILES string of the molecule is CCCCc1ccc(C2COC(c3ccc(N4CCN(C)CC4)cc3)OC2)cc1. The van der Waals surface area contributed by atoms with Crippen molar-refractivity contribution in [1.82, 2.24) is 4.90 Å². The molecule has 0 N–H and O–H groups in total. The normalized spacial score (nSPS) is 23.3. The van der Waals surface area contributed by atoms with E-state index in [9.17, 15) is 0 Å². The maximum atomic E-state index is 6.08. The summed E-state index contributed by atoms with van der Waals surface area (Å²) in [6.07, 6.45) is 3.41. The van der Waals surface area contributed by atoms with E-state index in [4.69, 9.17) is 9.47 Å². The molecule has 2 aromatic rings. The maximum Gasteiger partial charge on any atom is 0.183 e. The lowest BCUT2D eigenvalue weighted by Gasteiger charge is -2.34. The van der Waals surface area contributed by atoms with E-state index in [1.165, 1.54) is 36.1 Å². The minimum absolute atomic E-state index is 0.253. The van der Waals surface area contributed by atoms with Crippen LogP contribution in [-0.4, -0.2) is 51.3 Å². The van der Waals surface area contributed by atoms with Gasteiger partial charge in [-0.25, -0.2) is 0 Å². The molecule has 2 aliphatic heterocycles. The number of benzene rings is 2. The molecule has 0 radical (unpaired) electrons. The minimum Gasteiger partial charge on any atom is -0.369 e. The smallest absolute Gasteiger partial charge is 0.183 e. The van der Waals surface area contributed by atoms with Gasteiger partial charge < -0.3 is 19.3 Å². The average molecular weight is 395 g/mol. The quantitative estimate of drug-likeness (QED) is 0.714. The summed E-state index contributed by atoms with van der Waals surface area (Å²) < 4.78 is 12.2. The first-order chi connectivity index (χ1) is 14.2. The van der Waals surface area contributed by atoms with Gasteiger partial charge >= 0.3 is 0 Å². The van der Waals surface area contributed by atoms with E-state index in [2.05, 4.69) is 72.3 Å². The second-order valence-electron chi connectivity index (χ2n) is 8.42. The summed E-state index contributed by atoms with van der Waals surface area (Å²) in [6, 6.07) is 17.7. The first-order valence-corrected chi connectivity index (χ1v) is 11.1. The van der Waals surface area contributed by atoms with E-state index < -0.39 is 0 Å². The highest BCUT2D eigenvalue weighted by Crippen LogP contribution is 2.31. The molecule has 0 aliphatic carbocycles. The standard InChI is InChI=1S/C25H34N2O2/c1-3-4-5-20-6-8-21(9-7-20)23-18-28-25(29-19-23)22-10-12-24(13-11-22)27-16-14-26(2)15-17-27/h6-13,23,25H,3-5,14-19H2,1-2H3. The number of rotatable bonds is 6. The highest BCUT2D eigenvalue weighted by Gasteiger charge is 2.25. The van der Waals surface area contributed by atoms with Gasteiger partial charge in [0.25, 0.3) is 0 Å². The molecule has 0 aromatic heterocycles. The molecule has 2 aromatic carbocycles. The Balaban J connectivity index is 1.30. The first kappa shape index (κ1) is 20.4. The summed E-state index contributed by atoms with van der Waals surface area (Å²) >= 11 is 0. The van der Waals surface area contributed by atoms with E-state index in [1.54, 1.807) is 0 Å². The van der Waals surface area contributed by atoms with Crippen LogP contribution in [0, 0.1) is 0 Å². The lowest BCUT2D eigenvalue weighted by Crippen LogP contribution is -2.44. The molecule has 2 heterocycles. The van der Waals surface area contributed by atoms with Crippen LogP contribution in [0.3, 0.4) is 0 Å². The van der Waals surface area contributed by atoms with Crippen LogP contribution in [0.15, 0.2) is 48.5 Å². The van der Waals surface area contributed by atoms with Gasteiger partial charge in [-0.05, 0) is 43.1 Å². The molecule has 0 amide bonds. The molecule has 4 heteroatoms. The van der Waals surface area contributed by atoms with Crippen molar-refractivity contribution in [2.75, 3.05) is 51.3 Å². The van der Waals surface area contributed by atoms with Crippen LogP contribution in [-0.2, 0) is 15.9 Å². The summed E-state index contributed by atoms with van der Waals surface area (Å²) in [5.41, 5.74) is 5.13. The average Bonchev–Trinajstić information content (AvgIpc) is 2.79. The lowest BCUT2D eigenvalue weighted by molar-refractivity contribution is -0.191. The molecule has 2 saturated heterocycles. The molecular weight excluding hydrogens is 360 g/mol. The number of aryl methyl sites for hydroxylation is 1. The van der Waals surface area contributed by atoms with Crippen molar-refractivity contribution in [2.24, 2.45) is 0 Å². The lowest BCUT2D eigenvalue weighted by atomic mass is 9.97. The van der Waals surface area contributed by atoms with Crippen LogP contribution in [0.25, 0.3) is 0 Å². The van der Waals surface area contributed by atoms with Gasteiger partial charge in [0.15, 0.2) is 6.29 Å². The summed E-state index contributed by atoms with van der Waals surface area (Å²) in [7, 11) is 2.19. The fourth-order valence-electron chi connectivity index (χ4n) is 4.13. The topological polar surface area (TPSA) is 24.9 Å². The molecule has 4 rings (SSSR count). The highest BCUT2D eigenvalue weighted by molar-refractivity contribution is 5.48. The van der Waals surface area contributed by atoms with Gasteiger partial charge in [0, 0.05) is 43.3 Å². The third-order valence-corrected chi connectivity index (χ3v) is 6.20. The number of nitrogens with zero attached hydrogens (tertiary/aromatic N) is 2. The largest absolute Gasteiger partial charge is 0.369 e. The zero-order chi connectivity index (χ0) is 20.1. The Morgan fingerprint density at radius 3 is 2.07 bits per heavy atom. The number of hydrogen-bond donors (Lipinski definition) is 0. The molecule has 2 aliphatic rings. The van der Waals surface area contributed by atoms with Crippen LogP contribution < -0.4 is 4.90 Å². The molecule has 0 unspecified atom stereocenters. The minimum atomic E-state index is -0.253. The fraction of sp³-hybridized carbons (Fsp3) is 0.520. The van der Waals surface area contributed by atoms with Gasteiger partial charge in [-0.1, -0.05) is 49.7 Å². The Labute approximate surface area is 175 Å².